The van der Waals surface area contributed by atoms with Gasteiger partial charge in [-0.2, -0.15) is 0 Å². The molecule has 0 saturated carbocycles. The quantitative estimate of drug-likeness (QED) is 0.647. The van der Waals surface area contributed by atoms with E-state index in [-0.39, 0.29) is 0 Å². The summed E-state index contributed by atoms with van der Waals surface area (Å²) in [4.78, 5) is 2.49. The lowest BCUT2D eigenvalue weighted by Crippen LogP contribution is -2.27. The van der Waals surface area contributed by atoms with E-state index < -0.39 is 0 Å². The molecule has 2 aromatic rings. The monoisotopic (exact) mass is 284 g/mol. The minimum absolute atomic E-state index is 0.821. The van der Waals surface area contributed by atoms with E-state index in [1.54, 1.807) is 0 Å². The Morgan fingerprint density at radius 3 is 2.95 bits per heavy atom. The van der Waals surface area contributed by atoms with Gasteiger partial charge in [-0.15, -0.1) is 0 Å². The van der Waals surface area contributed by atoms with Gasteiger partial charge < -0.3 is 9.73 Å². The van der Waals surface area contributed by atoms with Crippen molar-refractivity contribution in [1.29, 1.82) is 0 Å². The first kappa shape index (κ1) is 14.4. The van der Waals surface area contributed by atoms with Crippen LogP contribution in [0.3, 0.4) is 0 Å². The second-order valence-corrected chi connectivity index (χ2v) is 5.67. The van der Waals surface area contributed by atoms with Crippen molar-refractivity contribution in [3.05, 3.63) is 47.7 Å². The lowest BCUT2D eigenvalue weighted by atomic mass is 10.1. The molecular formula is C18H24N2O. The minimum Gasteiger partial charge on any atom is -0.459 e. The van der Waals surface area contributed by atoms with Crippen LogP contribution in [-0.4, -0.2) is 24.5 Å². The van der Waals surface area contributed by atoms with Crippen molar-refractivity contribution in [3.8, 4) is 0 Å². The lowest BCUT2D eigenvalue weighted by molar-refractivity contribution is 0.288. The van der Waals surface area contributed by atoms with Gasteiger partial charge in [0, 0.05) is 30.6 Å². The second kappa shape index (κ2) is 6.92. The third-order valence-corrected chi connectivity index (χ3v) is 4.02. The Labute approximate surface area is 126 Å². The molecule has 2 heterocycles. The largest absolute Gasteiger partial charge is 0.459 e. The van der Waals surface area contributed by atoms with Gasteiger partial charge in [0.15, 0.2) is 0 Å². The maximum atomic E-state index is 6.08. The third-order valence-electron chi connectivity index (χ3n) is 4.02. The molecule has 0 fully saturated rings. The number of hydrogen-bond donors (Lipinski definition) is 1. The van der Waals surface area contributed by atoms with Crippen LogP contribution in [0.25, 0.3) is 11.0 Å². The SMILES string of the molecule is CCCNCc1oc2ccccc2c1CN1CC=CCC1. The molecule has 0 atom stereocenters. The highest BCUT2D eigenvalue weighted by Gasteiger charge is 2.17. The predicted octanol–water partition coefficient (Wildman–Crippen LogP) is 3.69. The molecule has 0 saturated heterocycles. The van der Waals surface area contributed by atoms with Crippen LogP contribution in [0.1, 0.15) is 31.1 Å². The molecule has 0 spiro atoms. The number of para-hydroxylation sites is 1. The minimum atomic E-state index is 0.821. The van der Waals surface area contributed by atoms with Gasteiger partial charge in [-0.25, -0.2) is 0 Å². The van der Waals surface area contributed by atoms with Gasteiger partial charge >= 0.3 is 0 Å². The molecule has 1 aromatic carbocycles. The Bertz CT molecular complexity index is 615. The van der Waals surface area contributed by atoms with Crippen molar-refractivity contribution in [2.24, 2.45) is 0 Å². The molecule has 1 aromatic heterocycles. The Morgan fingerprint density at radius 1 is 1.24 bits per heavy atom. The summed E-state index contributed by atoms with van der Waals surface area (Å²) in [6, 6.07) is 8.39. The number of fused-ring (bicyclic) bond motifs is 1. The van der Waals surface area contributed by atoms with Crippen LogP contribution < -0.4 is 5.32 Å². The van der Waals surface area contributed by atoms with Crippen molar-refractivity contribution >= 4 is 11.0 Å². The summed E-state index contributed by atoms with van der Waals surface area (Å²) in [5, 5.41) is 4.73. The Kier molecular flexibility index (Phi) is 4.73. The van der Waals surface area contributed by atoms with E-state index in [9.17, 15) is 0 Å². The van der Waals surface area contributed by atoms with E-state index >= 15 is 0 Å². The van der Waals surface area contributed by atoms with Crippen LogP contribution in [0.2, 0.25) is 0 Å². The van der Waals surface area contributed by atoms with E-state index in [4.69, 9.17) is 4.42 Å². The van der Waals surface area contributed by atoms with Crippen LogP contribution in [0, 0.1) is 0 Å². The van der Waals surface area contributed by atoms with Gasteiger partial charge in [0.05, 0.1) is 6.54 Å². The van der Waals surface area contributed by atoms with E-state index in [1.165, 1.54) is 10.9 Å². The summed E-state index contributed by atoms with van der Waals surface area (Å²) >= 11 is 0. The predicted molar refractivity (Wildman–Crippen MR) is 87.2 cm³/mol. The van der Waals surface area contributed by atoms with Crippen LogP contribution in [0.15, 0.2) is 40.8 Å². The maximum Gasteiger partial charge on any atom is 0.134 e. The average Bonchev–Trinajstić information content (AvgIpc) is 2.87. The zero-order valence-corrected chi connectivity index (χ0v) is 12.8. The third kappa shape index (κ3) is 3.36. The fourth-order valence-electron chi connectivity index (χ4n) is 2.90. The average molecular weight is 284 g/mol. The van der Waals surface area contributed by atoms with Gasteiger partial charge in [0.1, 0.15) is 11.3 Å². The molecule has 1 aliphatic rings. The number of nitrogens with zero attached hydrogens (tertiary/aromatic N) is 1. The summed E-state index contributed by atoms with van der Waals surface area (Å²) in [6.45, 7) is 7.20. The van der Waals surface area contributed by atoms with Gasteiger partial charge in [0.2, 0.25) is 0 Å². The molecule has 3 heteroatoms. The van der Waals surface area contributed by atoms with E-state index in [0.717, 1.165) is 56.9 Å². The Hall–Kier alpha value is -1.58. The summed E-state index contributed by atoms with van der Waals surface area (Å²) in [5.74, 6) is 1.10. The molecule has 1 aliphatic heterocycles. The molecule has 0 amide bonds. The summed E-state index contributed by atoms with van der Waals surface area (Å²) in [5.41, 5.74) is 2.36. The summed E-state index contributed by atoms with van der Waals surface area (Å²) in [6.07, 6.45) is 6.83. The molecule has 0 aliphatic carbocycles. The Morgan fingerprint density at radius 2 is 2.14 bits per heavy atom. The molecule has 3 rings (SSSR count). The second-order valence-electron chi connectivity index (χ2n) is 5.67. The van der Waals surface area contributed by atoms with Crippen LogP contribution in [0.5, 0.6) is 0 Å². The molecule has 3 nitrogen and oxygen atoms in total. The van der Waals surface area contributed by atoms with Crippen molar-refractivity contribution in [1.82, 2.24) is 10.2 Å². The molecular weight excluding hydrogens is 260 g/mol. The molecule has 21 heavy (non-hydrogen) atoms. The first-order valence-corrected chi connectivity index (χ1v) is 7.96. The van der Waals surface area contributed by atoms with Crippen molar-refractivity contribution < 1.29 is 4.42 Å². The number of nitrogens with one attached hydrogen (secondary N) is 1. The lowest BCUT2D eigenvalue weighted by Gasteiger charge is -2.23. The highest BCUT2D eigenvalue weighted by Crippen LogP contribution is 2.27. The molecule has 0 bridgehead atoms. The molecule has 0 radical (unpaired) electrons. The number of furan rings is 1. The van der Waals surface area contributed by atoms with Crippen LogP contribution >= 0.6 is 0 Å². The van der Waals surface area contributed by atoms with Crippen LogP contribution in [0.4, 0.5) is 0 Å². The summed E-state index contributed by atoms with van der Waals surface area (Å²) < 4.78 is 6.08. The molecule has 0 unspecified atom stereocenters. The highest BCUT2D eigenvalue weighted by atomic mass is 16.3. The normalized spacial score (nSPS) is 15.9. The Balaban J connectivity index is 1.85. The topological polar surface area (TPSA) is 28.4 Å². The number of rotatable bonds is 6. The van der Waals surface area contributed by atoms with Crippen molar-refractivity contribution in [2.75, 3.05) is 19.6 Å². The fraction of sp³-hybridized carbons (Fsp3) is 0.444. The fourth-order valence-corrected chi connectivity index (χ4v) is 2.90. The zero-order chi connectivity index (χ0) is 14.5. The molecule has 112 valence electrons. The zero-order valence-electron chi connectivity index (χ0n) is 12.8. The van der Waals surface area contributed by atoms with Gasteiger partial charge in [-0.1, -0.05) is 37.3 Å². The van der Waals surface area contributed by atoms with E-state index in [0.29, 0.717) is 0 Å². The van der Waals surface area contributed by atoms with Gasteiger partial charge in [-0.05, 0) is 25.5 Å². The van der Waals surface area contributed by atoms with Crippen molar-refractivity contribution in [2.45, 2.75) is 32.9 Å². The number of hydrogen-bond acceptors (Lipinski definition) is 3. The number of benzene rings is 1. The highest BCUT2D eigenvalue weighted by molar-refractivity contribution is 5.82. The molecule has 1 N–H and O–H groups in total. The summed E-state index contributed by atoms with van der Waals surface area (Å²) in [7, 11) is 0. The standard InChI is InChI=1S/C18H24N2O/c1-2-10-19-13-18-16(14-20-11-6-3-7-12-20)15-8-4-5-9-17(15)21-18/h3-6,8-9,19H,2,7,10-14H2,1H3. The van der Waals surface area contributed by atoms with Crippen molar-refractivity contribution in [3.63, 3.8) is 0 Å². The first-order chi connectivity index (χ1) is 10.4. The first-order valence-electron chi connectivity index (χ1n) is 7.96. The van der Waals surface area contributed by atoms with Gasteiger partial charge in [0.25, 0.3) is 0 Å². The van der Waals surface area contributed by atoms with E-state index in [1.807, 2.05) is 6.07 Å². The maximum absolute atomic E-state index is 6.08. The smallest absolute Gasteiger partial charge is 0.134 e. The van der Waals surface area contributed by atoms with Crippen LogP contribution in [-0.2, 0) is 13.1 Å². The van der Waals surface area contributed by atoms with Gasteiger partial charge in [-0.3, -0.25) is 4.90 Å². The van der Waals surface area contributed by atoms with E-state index in [2.05, 4.69) is 47.5 Å².